The normalized spacial score (nSPS) is 23.7. The van der Waals surface area contributed by atoms with Crippen LogP contribution in [-0.4, -0.2) is 17.4 Å². The summed E-state index contributed by atoms with van der Waals surface area (Å²) in [4.78, 5) is 14.1. The zero-order valence-corrected chi connectivity index (χ0v) is 10.5. The first-order valence-corrected chi connectivity index (χ1v) is 6.28. The van der Waals surface area contributed by atoms with E-state index in [2.05, 4.69) is 32.9 Å². The highest BCUT2D eigenvalue weighted by Crippen LogP contribution is 2.43. The van der Waals surface area contributed by atoms with Gasteiger partial charge in [-0.1, -0.05) is 32.9 Å². The number of allylic oxidation sites excluding steroid dienone is 3. The molecule has 0 saturated carbocycles. The average molecular weight is 219 g/mol. The molecule has 2 heteroatoms. The fraction of sp³-hybridized carbons (Fsp3) is 0.643. The topological polar surface area (TPSA) is 20.3 Å². The Labute approximate surface area is 98.0 Å². The third-order valence-corrected chi connectivity index (χ3v) is 3.49. The number of hydrogen-bond donors (Lipinski definition) is 0. The molecule has 2 nitrogen and oxygen atoms in total. The van der Waals surface area contributed by atoms with Gasteiger partial charge in [-0.15, -0.1) is 0 Å². The lowest BCUT2D eigenvalue weighted by molar-refractivity contribution is -0.132. The van der Waals surface area contributed by atoms with Gasteiger partial charge in [0.15, 0.2) is 0 Å². The van der Waals surface area contributed by atoms with E-state index in [-0.39, 0.29) is 11.3 Å². The second-order valence-corrected chi connectivity index (χ2v) is 5.39. The molecule has 0 unspecified atom stereocenters. The van der Waals surface area contributed by atoms with Crippen LogP contribution in [0, 0.1) is 5.41 Å². The van der Waals surface area contributed by atoms with Gasteiger partial charge in [-0.25, -0.2) is 0 Å². The van der Waals surface area contributed by atoms with Crippen LogP contribution >= 0.6 is 0 Å². The van der Waals surface area contributed by atoms with Gasteiger partial charge >= 0.3 is 0 Å². The standard InChI is InChI=1S/C14H21NO/c1-4-9-15-12-8-6-5-7-11(12)14(2,3)10-13(15)16/h7-8H,4-6,9-10H2,1-3H3. The van der Waals surface area contributed by atoms with Crippen LogP contribution in [0.25, 0.3) is 0 Å². The highest BCUT2D eigenvalue weighted by atomic mass is 16.2. The Morgan fingerprint density at radius 2 is 2.00 bits per heavy atom. The van der Waals surface area contributed by atoms with E-state index in [4.69, 9.17) is 0 Å². The quantitative estimate of drug-likeness (QED) is 0.698. The van der Waals surface area contributed by atoms with Crippen LogP contribution in [0.5, 0.6) is 0 Å². The predicted octanol–water partition coefficient (Wildman–Crippen LogP) is 3.26. The third-order valence-electron chi connectivity index (χ3n) is 3.49. The van der Waals surface area contributed by atoms with Gasteiger partial charge in [0.1, 0.15) is 0 Å². The molecule has 0 N–H and O–H groups in total. The second kappa shape index (κ2) is 4.08. The van der Waals surface area contributed by atoms with Crippen LogP contribution in [0.3, 0.4) is 0 Å². The molecule has 0 aromatic heterocycles. The number of hydrogen-bond acceptors (Lipinski definition) is 1. The first kappa shape index (κ1) is 11.4. The molecular formula is C14H21NO. The lowest BCUT2D eigenvalue weighted by Crippen LogP contribution is -2.43. The molecular weight excluding hydrogens is 198 g/mol. The van der Waals surface area contributed by atoms with Crippen molar-refractivity contribution in [3.05, 3.63) is 23.4 Å². The SMILES string of the molecule is CCCN1C(=O)CC(C)(C)C2=CCCC=C21. The third kappa shape index (κ3) is 1.81. The number of carbonyl (C=O) groups excluding carboxylic acids is 1. The van der Waals surface area contributed by atoms with E-state index in [0.29, 0.717) is 6.42 Å². The number of fused-ring (bicyclic) bond motifs is 1. The van der Waals surface area contributed by atoms with E-state index < -0.39 is 0 Å². The zero-order chi connectivity index (χ0) is 11.8. The van der Waals surface area contributed by atoms with E-state index in [1.54, 1.807) is 0 Å². The van der Waals surface area contributed by atoms with Crippen LogP contribution in [0.15, 0.2) is 23.4 Å². The van der Waals surface area contributed by atoms with Gasteiger partial charge in [0.2, 0.25) is 5.91 Å². The summed E-state index contributed by atoms with van der Waals surface area (Å²) in [5, 5.41) is 0. The van der Waals surface area contributed by atoms with Gasteiger partial charge in [-0.05, 0) is 24.8 Å². The molecule has 0 bridgehead atoms. The van der Waals surface area contributed by atoms with Gasteiger partial charge in [0.25, 0.3) is 0 Å². The summed E-state index contributed by atoms with van der Waals surface area (Å²) >= 11 is 0. The molecule has 2 aliphatic rings. The van der Waals surface area contributed by atoms with Crippen molar-refractivity contribution in [2.45, 2.75) is 46.5 Å². The second-order valence-electron chi connectivity index (χ2n) is 5.39. The molecule has 0 aromatic rings. The monoisotopic (exact) mass is 219 g/mol. The lowest BCUT2D eigenvalue weighted by atomic mass is 9.73. The highest BCUT2D eigenvalue weighted by molar-refractivity contribution is 5.83. The minimum absolute atomic E-state index is 0.0214. The zero-order valence-electron chi connectivity index (χ0n) is 10.5. The van der Waals surface area contributed by atoms with Crippen molar-refractivity contribution in [1.82, 2.24) is 4.90 Å². The van der Waals surface area contributed by atoms with Crippen molar-refractivity contribution in [2.75, 3.05) is 6.54 Å². The van der Waals surface area contributed by atoms with Gasteiger partial charge < -0.3 is 4.90 Å². The molecule has 0 spiro atoms. The molecule has 1 heterocycles. The largest absolute Gasteiger partial charge is 0.312 e. The van der Waals surface area contributed by atoms with Crippen LogP contribution < -0.4 is 0 Å². The molecule has 1 aliphatic heterocycles. The number of nitrogens with zero attached hydrogens (tertiary/aromatic N) is 1. The number of piperidine rings is 1. The average Bonchev–Trinajstić information content (AvgIpc) is 2.24. The highest BCUT2D eigenvalue weighted by Gasteiger charge is 2.39. The summed E-state index contributed by atoms with van der Waals surface area (Å²) in [5.74, 6) is 0.289. The first-order valence-electron chi connectivity index (χ1n) is 6.28. The number of likely N-dealkylation sites (tertiary alicyclic amines) is 1. The van der Waals surface area contributed by atoms with Crippen LogP contribution in [0.4, 0.5) is 0 Å². The summed E-state index contributed by atoms with van der Waals surface area (Å²) in [5.41, 5.74) is 2.59. The molecule has 2 rings (SSSR count). The maximum atomic E-state index is 12.1. The first-order chi connectivity index (χ1) is 7.56. The molecule has 16 heavy (non-hydrogen) atoms. The van der Waals surface area contributed by atoms with E-state index in [9.17, 15) is 4.79 Å². The van der Waals surface area contributed by atoms with Crippen molar-refractivity contribution in [3.8, 4) is 0 Å². The summed E-state index contributed by atoms with van der Waals surface area (Å²) in [7, 11) is 0. The summed E-state index contributed by atoms with van der Waals surface area (Å²) in [6, 6.07) is 0. The van der Waals surface area contributed by atoms with Crippen molar-refractivity contribution < 1.29 is 4.79 Å². The smallest absolute Gasteiger partial charge is 0.227 e. The minimum atomic E-state index is 0.0214. The molecule has 88 valence electrons. The van der Waals surface area contributed by atoms with Gasteiger partial charge in [-0.3, -0.25) is 4.79 Å². The van der Waals surface area contributed by atoms with Gasteiger partial charge in [0, 0.05) is 24.1 Å². The van der Waals surface area contributed by atoms with Gasteiger partial charge in [-0.2, -0.15) is 0 Å². The molecule has 0 radical (unpaired) electrons. The molecule has 0 atom stereocenters. The number of carbonyl (C=O) groups is 1. The van der Waals surface area contributed by atoms with E-state index in [0.717, 1.165) is 25.8 Å². The van der Waals surface area contributed by atoms with Gasteiger partial charge in [0.05, 0.1) is 0 Å². The Bertz CT molecular complexity index is 363. The Morgan fingerprint density at radius 3 is 2.69 bits per heavy atom. The Morgan fingerprint density at radius 1 is 1.31 bits per heavy atom. The minimum Gasteiger partial charge on any atom is -0.312 e. The fourth-order valence-electron chi connectivity index (χ4n) is 2.71. The van der Waals surface area contributed by atoms with Crippen LogP contribution in [0.1, 0.15) is 46.5 Å². The summed E-state index contributed by atoms with van der Waals surface area (Å²) in [6.45, 7) is 7.34. The lowest BCUT2D eigenvalue weighted by Gasteiger charge is -2.42. The predicted molar refractivity (Wildman–Crippen MR) is 65.8 cm³/mol. The molecule has 1 saturated heterocycles. The molecule has 1 aliphatic carbocycles. The number of rotatable bonds is 2. The molecule has 0 aromatic carbocycles. The van der Waals surface area contributed by atoms with Crippen LogP contribution in [-0.2, 0) is 4.79 Å². The van der Waals surface area contributed by atoms with Crippen molar-refractivity contribution >= 4 is 5.91 Å². The fourth-order valence-corrected chi connectivity index (χ4v) is 2.71. The maximum Gasteiger partial charge on any atom is 0.227 e. The van der Waals surface area contributed by atoms with Crippen LogP contribution in [0.2, 0.25) is 0 Å². The number of amides is 1. The Hall–Kier alpha value is -1.05. The van der Waals surface area contributed by atoms with Crippen molar-refractivity contribution in [1.29, 1.82) is 0 Å². The van der Waals surface area contributed by atoms with E-state index >= 15 is 0 Å². The van der Waals surface area contributed by atoms with Crippen molar-refractivity contribution in [3.63, 3.8) is 0 Å². The van der Waals surface area contributed by atoms with E-state index in [1.165, 1.54) is 11.3 Å². The van der Waals surface area contributed by atoms with E-state index in [1.807, 2.05) is 4.90 Å². The Balaban J connectivity index is 2.36. The molecule has 1 fully saturated rings. The summed E-state index contributed by atoms with van der Waals surface area (Å²) in [6.07, 6.45) is 8.43. The maximum absolute atomic E-state index is 12.1. The Kier molecular flexibility index (Phi) is 2.92. The molecule has 1 amide bonds. The summed E-state index contributed by atoms with van der Waals surface area (Å²) < 4.78 is 0. The van der Waals surface area contributed by atoms with Crippen molar-refractivity contribution in [2.24, 2.45) is 5.41 Å².